The van der Waals surface area contributed by atoms with E-state index in [0.29, 0.717) is 30.2 Å². The molecule has 1 aliphatic rings. The fourth-order valence-corrected chi connectivity index (χ4v) is 3.15. The highest BCUT2D eigenvalue weighted by molar-refractivity contribution is 6.01. The van der Waals surface area contributed by atoms with Crippen molar-refractivity contribution >= 4 is 11.7 Å². The molecule has 1 atom stereocenters. The van der Waals surface area contributed by atoms with E-state index in [2.05, 4.69) is 17.1 Å². The first-order chi connectivity index (χ1) is 11.7. The number of ether oxygens (including phenoxy) is 1. The molecule has 2 heterocycles. The molecule has 128 valence electrons. The molecule has 1 aliphatic heterocycles. The molecule has 0 saturated carbocycles. The standard InChI is InChI=1S/C18H24N4O2/c1-2-10-22(12-14-9-6-11-24-14)18(23)16-15(17(19)21-20-16)13-7-4-3-5-8-13/h3-5,7-8,14H,2,6,9-12H2,1H3,(H3,19,20,21). The number of nitrogens with zero attached hydrogens (tertiary/aromatic N) is 2. The van der Waals surface area contributed by atoms with Crippen LogP contribution in [0.25, 0.3) is 11.1 Å². The van der Waals surface area contributed by atoms with Gasteiger partial charge in [-0.25, -0.2) is 0 Å². The number of nitrogen functional groups attached to an aromatic ring is 1. The number of carbonyl (C=O) groups is 1. The Morgan fingerprint density at radius 2 is 2.21 bits per heavy atom. The fourth-order valence-electron chi connectivity index (χ4n) is 3.15. The minimum atomic E-state index is -0.0737. The van der Waals surface area contributed by atoms with Crippen molar-refractivity contribution in [2.45, 2.75) is 32.3 Å². The summed E-state index contributed by atoms with van der Waals surface area (Å²) < 4.78 is 5.69. The molecule has 0 spiro atoms. The number of aromatic amines is 1. The molecular formula is C18H24N4O2. The molecule has 1 aromatic heterocycles. The average molecular weight is 328 g/mol. The Bertz CT molecular complexity index is 678. The van der Waals surface area contributed by atoms with E-state index in [9.17, 15) is 4.79 Å². The van der Waals surface area contributed by atoms with Crippen LogP contribution in [-0.2, 0) is 4.74 Å². The van der Waals surface area contributed by atoms with Gasteiger partial charge in [0.1, 0.15) is 5.69 Å². The molecule has 3 N–H and O–H groups in total. The third-order valence-electron chi connectivity index (χ3n) is 4.30. The van der Waals surface area contributed by atoms with Crippen molar-refractivity contribution in [3.63, 3.8) is 0 Å². The maximum absolute atomic E-state index is 13.1. The van der Waals surface area contributed by atoms with Crippen molar-refractivity contribution in [2.24, 2.45) is 0 Å². The first kappa shape index (κ1) is 16.5. The van der Waals surface area contributed by atoms with Gasteiger partial charge in [-0.15, -0.1) is 0 Å². The molecule has 2 aromatic rings. The number of carbonyl (C=O) groups excluding carboxylic acids is 1. The third kappa shape index (κ3) is 3.43. The third-order valence-corrected chi connectivity index (χ3v) is 4.30. The van der Waals surface area contributed by atoms with Gasteiger partial charge in [0.25, 0.3) is 5.91 Å². The summed E-state index contributed by atoms with van der Waals surface area (Å²) in [5, 5.41) is 6.89. The van der Waals surface area contributed by atoms with Crippen molar-refractivity contribution < 1.29 is 9.53 Å². The van der Waals surface area contributed by atoms with Gasteiger partial charge >= 0.3 is 0 Å². The maximum atomic E-state index is 13.1. The van der Waals surface area contributed by atoms with Gasteiger partial charge in [0.05, 0.1) is 11.7 Å². The van der Waals surface area contributed by atoms with Gasteiger partial charge in [0, 0.05) is 19.7 Å². The summed E-state index contributed by atoms with van der Waals surface area (Å²) in [5.41, 5.74) is 8.02. The summed E-state index contributed by atoms with van der Waals surface area (Å²) in [7, 11) is 0. The van der Waals surface area contributed by atoms with E-state index in [4.69, 9.17) is 10.5 Å². The number of benzene rings is 1. The van der Waals surface area contributed by atoms with Crippen LogP contribution < -0.4 is 5.73 Å². The lowest BCUT2D eigenvalue weighted by molar-refractivity contribution is 0.0522. The largest absolute Gasteiger partial charge is 0.382 e. The number of anilines is 1. The molecule has 0 bridgehead atoms. The summed E-state index contributed by atoms with van der Waals surface area (Å²) in [5.74, 6) is 0.272. The van der Waals surface area contributed by atoms with Crippen molar-refractivity contribution in [1.82, 2.24) is 15.1 Å². The number of H-pyrrole nitrogens is 1. The molecule has 1 unspecified atom stereocenters. The van der Waals surface area contributed by atoms with Gasteiger partial charge in [-0.1, -0.05) is 37.3 Å². The van der Waals surface area contributed by atoms with Crippen molar-refractivity contribution in [3.05, 3.63) is 36.0 Å². The van der Waals surface area contributed by atoms with Crippen molar-refractivity contribution in [1.29, 1.82) is 0 Å². The minimum Gasteiger partial charge on any atom is -0.382 e. The highest BCUT2D eigenvalue weighted by Crippen LogP contribution is 2.29. The number of amides is 1. The topological polar surface area (TPSA) is 84.2 Å². The first-order valence-electron chi connectivity index (χ1n) is 8.50. The zero-order valence-electron chi connectivity index (χ0n) is 14.0. The van der Waals surface area contributed by atoms with Crippen LogP contribution in [0.4, 0.5) is 5.82 Å². The Hall–Kier alpha value is -2.34. The Balaban J connectivity index is 1.87. The lowest BCUT2D eigenvalue weighted by atomic mass is 10.0. The van der Waals surface area contributed by atoms with Crippen LogP contribution in [0.1, 0.15) is 36.7 Å². The predicted octanol–water partition coefficient (Wildman–Crippen LogP) is 2.69. The Labute approximate surface area is 142 Å². The van der Waals surface area contributed by atoms with Gasteiger partial charge in [-0.2, -0.15) is 5.10 Å². The van der Waals surface area contributed by atoms with E-state index in [0.717, 1.165) is 31.4 Å². The second kappa shape index (κ2) is 7.49. The van der Waals surface area contributed by atoms with Gasteiger partial charge in [0.15, 0.2) is 5.82 Å². The Morgan fingerprint density at radius 3 is 2.88 bits per heavy atom. The molecule has 1 saturated heterocycles. The second-order valence-electron chi connectivity index (χ2n) is 6.11. The zero-order chi connectivity index (χ0) is 16.9. The highest BCUT2D eigenvalue weighted by Gasteiger charge is 2.27. The summed E-state index contributed by atoms with van der Waals surface area (Å²) in [6.45, 7) is 4.14. The molecule has 1 amide bonds. The molecular weight excluding hydrogens is 304 g/mol. The van der Waals surface area contributed by atoms with Gasteiger partial charge in [0.2, 0.25) is 0 Å². The number of hydrogen-bond donors (Lipinski definition) is 2. The van der Waals surface area contributed by atoms with E-state index in [1.54, 1.807) is 0 Å². The predicted molar refractivity (Wildman–Crippen MR) is 93.6 cm³/mol. The quantitative estimate of drug-likeness (QED) is 0.854. The highest BCUT2D eigenvalue weighted by atomic mass is 16.5. The van der Waals surface area contributed by atoms with E-state index in [1.807, 2.05) is 35.2 Å². The van der Waals surface area contributed by atoms with E-state index < -0.39 is 0 Å². The first-order valence-corrected chi connectivity index (χ1v) is 8.50. The molecule has 0 aliphatic carbocycles. The molecule has 6 heteroatoms. The van der Waals surface area contributed by atoms with Crippen LogP contribution in [-0.4, -0.2) is 46.8 Å². The van der Waals surface area contributed by atoms with Crippen LogP contribution in [0, 0.1) is 0 Å². The summed E-state index contributed by atoms with van der Waals surface area (Å²) in [6, 6.07) is 9.64. The number of nitrogens with one attached hydrogen (secondary N) is 1. The molecule has 24 heavy (non-hydrogen) atoms. The van der Waals surface area contributed by atoms with Crippen LogP contribution in [0.15, 0.2) is 30.3 Å². The Morgan fingerprint density at radius 1 is 1.42 bits per heavy atom. The van der Waals surface area contributed by atoms with E-state index >= 15 is 0 Å². The van der Waals surface area contributed by atoms with Crippen LogP contribution in [0.2, 0.25) is 0 Å². The molecule has 1 aromatic carbocycles. The maximum Gasteiger partial charge on any atom is 0.272 e. The van der Waals surface area contributed by atoms with Gasteiger partial charge < -0.3 is 15.4 Å². The van der Waals surface area contributed by atoms with E-state index in [-0.39, 0.29) is 12.0 Å². The number of rotatable bonds is 6. The normalized spacial score (nSPS) is 17.1. The second-order valence-corrected chi connectivity index (χ2v) is 6.11. The summed E-state index contributed by atoms with van der Waals surface area (Å²) >= 11 is 0. The van der Waals surface area contributed by atoms with Crippen LogP contribution in [0.5, 0.6) is 0 Å². The molecule has 1 fully saturated rings. The fraction of sp³-hybridized carbons (Fsp3) is 0.444. The smallest absolute Gasteiger partial charge is 0.272 e. The SMILES string of the molecule is CCCN(CC1CCCO1)C(=O)c1[nH]nc(N)c1-c1ccccc1. The summed E-state index contributed by atoms with van der Waals surface area (Å²) in [6.07, 6.45) is 3.08. The minimum absolute atomic E-state index is 0.0737. The van der Waals surface area contributed by atoms with Crippen LogP contribution >= 0.6 is 0 Å². The Kier molecular flexibility index (Phi) is 5.15. The number of hydrogen-bond acceptors (Lipinski definition) is 4. The summed E-state index contributed by atoms with van der Waals surface area (Å²) in [4.78, 5) is 14.9. The lowest BCUT2D eigenvalue weighted by Crippen LogP contribution is -2.38. The van der Waals surface area contributed by atoms with Crippen molar-refractivity contribution in [2.75, 3.05) is 25.4 Å². The zero-order valence-corrected chi connectivity index (χ0v) is 14.0. The lowest BCUT2D eigenvalue weighted by Gasteiger charge is -2.25. The molecule has 3 rings (SSSR count). The molecule has 0 radical (unpaired) electrons. The number of nitrogens with two attached hydrogens (primary N) is 1. The monoisotopic (exact) mass is 328 g/mol. The van der Waals surface area contributed by atoms with E-state index in [1.165, 1.54) is 0 Å². The number of aromatic nitrogens is 2. The van der Waals surface area contributed by atoms with Crippen LogP contribution in [0.3, 0.4) is 0 Å². The van der Waals surface area contributed by atoms with Crippen molar-refractivity contribution in [3.8, 4) is 11.1 Å². The van der Waals surface area contributed by atoms with Gasteiger partial charge in [-0.3, -0.25) is 9.89 Å². The average Bonchev–Trinajstić information content (AvgIpc) is 3.24. The molecule has 6 nitrogen and oxygen atoms in total. The van der Waals surface area contributed by atoms with Gasteiger partial charge in [-0.05, 0) is 24.8 Å².